The average molecular weight is 292 g/mol. The molecule has 0 saturated carbocycles. The number of carbonyl (C=O) groups is 1. The van der Waals surface area contributed by atoms with Crippen LogP contribution >= 0.6 is 0 Å². The molecule has 4 nitrogen and oxygen atoms in total. The fourth-order valence-corrected chi connectivity index (χ4v) is 2.43. The highest BCUT2D eigenvalue weighted by Crippen LogP contribution is 2.10. The van der Waals surface area contributed by atoms with Crippen LogP contribution in [0.1, 0.15) is 37.0 Å². The minimum Gasteiger partial charge on any atom is -0.393 e. The molecule has 0 radical (unpaired) electrons. The fraction of sp³-hybridized carbons (Fsp3) is 0.588. The SMILES string of the molecule is Cc1ccc(CCNC(=O)NCC(C)CC(C)O)c(C)c1. The molecule has 1 aromatic rings. The molecule has 3 N–H and O–H groups in total. The van der Waals surface area contributed by atoms with E-state index in [0.717, 1.165) is 6.42 Å². The third kappa shape index (κ3) is 7.14. The largest absolute Gasteiger partial charge is 0.393 e. The van der Waals surface area contributed by atoms with Crippen molar-refractivity contribution in [2.45, 2.75) is 46.6 Å². The number of hydrogen-bond donors (Lipinski definition) is 3. The molecule has 0 bridgehead atoms. The Balaban J connectivity index is 2.24. The van der Waals surface area contributed by atoms with Gasteiger partial charge >= 0.3 is 6.03 Å². The van der Waals surface area contributed by atoms with Crippen LogP contribution in [0.2, 0.25) is 0 Å². The molecular weight excluding hydrogens is 264 g/mol. The minimum atomic E-state index is -0.325. The summed E-state index contributed by atoms with van der Waals surface area (Å²) in [6.45, 7) is 9.17. The van der Waals surface area contributed by atoms with E-state index in [1.165, 1.54) is 16.7 Å². The van der Waals surface area contributed by atoms with Gasteiger partial charge in [-0.15, -0.1) is 0 Å². The maximum atomic E-state index is 11.7. The van der Waals surface area contributed by atoms with Crippen LogP contribution in [0.5, 0.6) is 0 Å². The summed E-state index contributed by atoms with van der Waals surface area (Å²) in [4.78, 5) is 11.7. The maximum absolute atomic E-state index is 11.7. The predicted molar refractivity (Wildman–Crippen MR) is 86.5 cm³/mol. The van der Waals surface area contributed by atoms with Gasteiger partial charge in [0.1, 0.15) is 0 Å². The predicted octanol–water partition coefficient (Wildman–Crippen LogP) is 2.55. The molecule has 0 fully saturated rings. The van der Waals surface area contributed by atoms with Crippen LogP contribution in [0.25, 0.3) is 0 Å². The Labute approximate surface area is 128 Å². The van der Waals surface area contributed by atoms with E-state index in [1.54, 1.807) is 6.92 Å². The van der Waals surface area contributed by atoms with Gasteiger partial charge in [0.2, 0.25) is 0 Å². The van der Waals surface area contributed by atoms with Gasteiger partial charge in [-0.25, -0.2) is 4.79 Å². The molecule has 21 heavy (non-hydrogen) atoms. The highest BCUT2D eigenvalue weighted by molar-refractivity contribution is 5.73. The minimum absolute atomic E-state index is 0.141. The Morgan fingerprint density at radius 2 is 1.95 bits per heavy atom. The highest BCUT2D eigenvalue weighted by atomic mass is 16.3. The number of hydrogen-bond acceptors (Lipinski definition) is 2. The molecule has 1 rings (SSSR count). The van der Waals surface area contributed by atoms with Crippen molar-refractivity contribution in [1.29, 1.82) is 0 Å². The highest BCUT2D eigenvalue weighted by Gasteiger charge is 2.08. The summed E-state index contributed by atoms with van der Waals surface area (Å²) >= 11 is 0. The topological polar surface area (TPSA) is 61.4 Å². The monoisotopic (exact) mass is 292 g/mol. The van der Waals surface area contributed by atoms with Crippen molar-refractivity contribution < 1.29 is 9.90 Å². The van der Waals surface area contributed by atoms with E-state index < -0.39 is 0 Å². The van der Waals surface area contributed by atoms with Gasteiger partial charge in [0.25, 0.3) is 0 Å². The molecule has 0 aliphatic rings. The third-order valence-corrected chi connectivity index (χ3v) is 3.53. The fourth-order valence-electron chi connectivity index (χ4n) is 2.43. The van der Waals surface area contributed by atoms with Crippen LogP contribution in [0.4, 0.5) is 4.79 Å². The Hall–Kier alpha value is -1.55. The van der Waals surface area contributed by atoms with E-state index in [4.69, 9.17) is 0 Å². The number of nitrogens with one attached hydrogen (secondary N) is 2. The summed E-state index contributed by atoms with van der Waals surface area (Å²) in [5.41, 5.74) is 3.79. The molecular formula is C17H28N2O2. The lowest BCUT2D eigenvalue weighted by Crippen LogP contribution is -2.39. The summed E-state index contributed by atoms with van der Waals surface area (Å²) in [6.07, 6.45) is 1.21. The van der Waals surface area contributed by atoms with Gasteiger partial charge in [0.15, 0.2) is 0 Å². The van der Waals surface area contributed by atoms with Gasteiger partial charge in [-0.2, -0.15) is 0 Å². The van der Waals surface area contributed by atoms with E-state index in [1.807, 2.05) is 6.92 Å². The smallest absolute Gasteiger partial charge is 0.314 e. The third-order valence-electron chi connectivity index (χ3n) is 3.53. The maximum Gasteiger partial charge on any atom is 0.314 e. The number of benzene rings is 1. The van der Waals surface area contributed by atoms with Crippen LogP contribution in [0, 0.1) is 19.8 Å². The quantitative estimate of drug-likeness (QED) is 0.723. The Kier molecular flexibility index (Phi) is 7.23. The molecule has 0 aliphatic heterocycles. The molecule has 2 atom stereocenters. The zero-order chi connectivity index (χ0) is 15.8. The Morgan fingerprint density at radius 1 is 1.24 bits per heavy atom. The van der Waals surface area contributed by atoms with Crippen LogP contribution in [0.15, 0.2) is 18.2 Å². The van der Waals surface area contributed by atoms with Crippen LogP contribution in [-0.4, -0.2) is 30.3 Å². The molecule has 0 aromatic heterocycles. The van der Waals surface area contributed by atoms with Gasteiger partial charge in [0.05, 0.1) is 6.10 Å². The standard InChI is InChI=1S/C17H28N2O2/c1-12-5-6-16(14(3)9-12)7-8-18-17(21)19-11-13(2)10-15(4)20/h5-6,9,13,15,20H,7-8,10-11H2,1-4H3,(H2,18,19,21). The van der Waals surface area contributed by atoms with Crippen LogP contribution < -0.4 is 10.6 Å². The van der Waals surface area contributed by atoms with Crippen molar-refractivity contribution in [3.63, 3.8) is 0 Å². The first-order valence-electron chi connectivity index (χ1n) is 7.64. The molecule has 4 heteroatoms. The number of aryl methyl sites for hydroxylation is 2. The van der Waals surface area contributed by atoms with Crippen LogP contribution in [0.3, 0.4) is 0 Å². The molecule has 2 unspecified atom stereocenters. The summed E-state index contributed by atoms with van der Waals surface area (Å²) < 4.78 is 0. The number of urea groups is 1. The van der Waals surface area contributed by atoms with E-state index in [9.17, 15) is 9.90 Å². The molecule has 1 aromatic carbocycles. The van der Waals surface area contributed by atoms with Crippen molar-refractivity contribution in [1.82, 2.24) is 10.6 Å². The van der Waals surface area contributed by atoms with Crippen LogP contribution in [-0.2, 0) is 6.42 Å². The van der Waals surface area contributed by atoms with E-state index in [-0.39, 0.29) is 18.1 Å². The normalized spacial score (nSPS) is 13.6. The summed E-state index contributed by atoms with van der Waals surface area (Å²) in [7, 11) is 0. The number of aliphatic hydroxyl groups excluding tert-OH is 1. The molecule has 118 valence electrons. The summed E-state index contributed by atoms with van der Waals surface area (Å²) in [6, 6.07) is 6.24. The summed E-state index contributed by atoms with van der Waals surface area (Å²) in [5, 5.41) is 15.0. The first-order valence-corrected chi connectivity index (χ1v) is 7.64. The van der Waals surface area contributed by atoms with Crippen molar-refractivity contribution in [3.05, 3.63) is 34.9 Å². The van der Waals surface area contributed by atoms with Gasteiger partial charge in [0, 0.05) is 13.1 Å². The summed E-state index contributed by atoms with van der Waals surface area (Å²) in [5.74, 6) is 0.273. The zero-order valence-corrected chi connectivity index (χ0v) is 13.6. The second kappa shape index (κ2) is 8.67. The average Bonchev–Trinajstić information content (AvgIpc) is 2.38. The molecule has 0 heterocycles. The van der Waals surface area contributed by atoms with Gasteiger partial charge < -0.3 is 15.7 Å². The Bertz CT molecular complexity index is 458. The molecule has 0 spiro atoms. The lowest BCUT2D eigenvalue weighted by molar-refractivity contribution is 0.163. The number of carbonyl (C=O) groups excluding carboxylic acids is 1. The van der Waals surface area contributed by atoms with E-state index >= 15 is 0 Å². The second-order valence-electron chi connectivity index (χ2n) is 6.01. The van der Waals surface area contributed by atoms with E-state index in [0.29, 0.717) is 19.5 Å². The Morgan fingerprint density at radius 3 is 2.57 bits per heavy atom. The zero-order valence-electron chi connectivity index (χ0n) is 13.6. The lowest BCUT2D eigenvalue weighted by atomic mass is 10.0. The first kappa shape index (κ1) is 17.5. The second-order valence-corrected chi connectivity index (χ2v) is 6.01. The van der Waals surface area contributed by atoms with Gasteiger partial charge in [-0.1, -0.05) is 30.7 Å². The molecule has 0 saturated heterocycles. The van der Waals surface area contributed by atoms with E-state index in [2.05, 4.69) is 42.7 Å². The first-order chi connectivity index (χ1) is 9.88. The molecule has 2 amide bonds. The van der Waals surface area contributed by atoms with Crippen molar-refractivity contribution >= 4 is 6.03 Å². The van der Waals surface area contributed by atoms with Gasteiger partial charge in [-0.3, -0.25) is 0 Å². The van der Waals surface area contributed by atoms with Crippen molar-refractivity contribution in [2.75, 3.05) is 13.1 Å². The number of aliphatic hydroxyl groups is 1. The molecule has 0 aliphatic carbocycles. The number of amides is 2. The van der Waals surface area contributed by atoms with Gasteiger partial charge in [-0.05, 0) is 50.7 Å². The lowest BCUT2D eigenvalue weighted by Gasteiger charge is -2.15. The number of rotatable bonds is 7. The van der Waals surface area contributed by atoms with Crippen molar-refractivity contribution in [3.8, 4) is 0 Å². The van der Waals surface area contributed by atoms with Crippen molar-refractivity contribution in [2.24, 2.45) is 5.92 Å².